The van der Waals surface area contributed by atoms with Crippen LogP contribution >= 0.6 is 0 Å². The Kier molecular flexibility index (Phi) is 7.72. The average Bonchev–Trinajstić information content (AvgIpc) is 3.65. The first kappa shape index (κ1) is 28.7. The van der Waals surface area contributed by atoms with Gasteiger partial charge < -0.3 is 19.2 Å². The van der Waals surface area contributed by atoms with Crippen LogP contribution in [0.5, 0.6) is 0 Å². The first-order chi connectivity index (χ1) is 21.9. The third-order valence-corrected chi connectivity index (χ3v) is 8.56. The summed E-state index contributed by atoms with van der Waals surface area (Å²) in [4.78, 5) is 28.0. The summed E-state index contributed by atoms with van der Waals surface area (Å²) >= 11 is 0. The van der Waals surface area contributed by atoms with Crippen molar-refractivity contribution in [1.29, 1.82) is 0 Å². The lowest BCUT2D eigenvalue weighted by atomic mass is 10.0. The van der Waals surface area contributed by atoms with Gasteiger partial charge in [-0.3, -0.25) is 4.90 Å². The van der Waals surface area contributed by atoms with Crippen LogP contribution in [-0.4, -0.2) is 60.6 Å². The number of benzene rings is 2. The summed E-state index contributed by atoms with van der Waals surface area (Å²) in [6.45, 7) is 10.7. The van der Waals surface area contributed by atoms with Gasteiger partial charge >= 0.3 is 0 Å². The van der Waals surface area contributed by atoms with Gasteiger partial charge in [-0.2, -0.15) is 0 Å². The van der Waals surface area contributed by atoms with Crippen molar-refractivity contribution in [3.63, 3.8) is 0 Å². The molecule has 0 saturated carbocycles. The lowest BCUT2D eigenvalue weighted by Gasteiger charge is -2.34. The zero-order valence-corrected chi connectivity index (χ0v) is 26.1. The van der Waals surface area contributed by atoms with Crippen LogP contribution in [0.1, 0.15) is 35.7 Å². The molecule has 2 aromatic carbocycles. The molecule has 1 aliphatic heterocycles. The molecule has 1 aliphatic rings. The van der Waals surface area contributed by atoms with E-state index in [4.69, 9.17) is 19.4 Å². The van der Waals surface area contributed by atoms with E-state index in [0.717, 1.165) is 94.8 Å². The molecule has 0 unspecified atom stereocenters. The summed E-state index contributed by atoms with van der Waals surface area (Å²) in [7, 11) is 2.04. The molecule has 1 saturated heterocycles. The highest BCUT2D eigenvalue weighted by molar-refractivity contribution is 5.85. The molecule has 5 heterocycles. The standard InChI is InChI=1S/C35H37N9O/c1-23-22-45-32-9-8-28(17-30(23)32)31-18-33(41-25(3)40-31)39-24(2)26-6-5-7-27(16-26)29-19-37-35(38-20-29)44-14-12-43(13-15-44)21-34-36-10-11-42(34)4/h5-11,16-20,22,24H,12-15,21H2,1-4H3,(H,39,40,41)/t24-/m0/s1. The number of imidazole rings is 1. The van der Waals surface area contributed by atoms with Crippen LogP contribution in [0.25, 0.3) is 33.4 Å². The number of nitrogens with one attached hydrogen (secondary N) is 1. The zero-order chi connectivity index (χ0) is 30.9. The number of nitrogens with zero attached hydrogens (tertiary/aromatic N) is 8. The van der Waals surface area contributed by atoms with Crippen molar-refractivity contribution in [2.45, 2.75) is 33.4 Å². The number of rotatable bonds is 8. The molecule has 0 amide bonds. The van der Waals surface area contributed by atoms with Crippen molar-refractivity contribution in [3.8, 4) is 22.4 Å². The van der Waals surface area contributed by atoms with Crippen molar-refractivity contribution in [2.75, 3.05) is 36.4 Å². The number of anilines is 2. The first-order valence-electron chi connectivity index (χ1n) is 15.4. The number of aromatic nitrogens is 6. The zero-order valence-electron chi connectivity index (χ0n) is 26.1. The Balaban J connectivity index is 1.02. The fourth-order valence-electron chi connectivity index (χ4n) is 5.89. The molecule has 228 valence electrons. The lowest BCUT2D eigenvalue weighted by Crippen LogP contribution is -2.46. The molecular formula is C35H37N9O. The third kappa shape index (κ3) is 6.14. The summed E-state index contributed by atoms with van der Waals surface area (Å²) in [6, 6.07) is 16.7. The number of piperazine rings is 1. The lowest BCUT2D eigenvalue weighted by molar-refractivity contribution is 0.240. The molecule has 0 bridgehead atoms. The normalized spacial score (nSPS) is 14.6. The molecule has 0 aliphatic carbocycles. The Morgan fingerprint density at radius 1 is 0.889 bits per heavy atom. The van der Waals surface area contributed by atoms with Crippen molar-refractivity contribution >= 4 is 22.7 Å². The predicted octanol–water partition coefficient (Wildman–Crippen LogP) is 6.19. The molecule has 6 aromatic rings. The second-order valence-electron chi connectivity index (χ2n) is 11.8. The first-order valence-corrected chi connectivity index (χ1v) is 15.4. The predicted molar refractivity (Wildman–Crippen MR) is 177 cm³/mol. The monoisotopic (exact) mass is 599 g/mol. The van der Waals surface area contributed by atoms with Gasteiger partial charge in [0.1, 0.15) is 23.0 Å². The van der Waals surface area contributed by atoms with Crippen LogP contribution in [0.15, 0.2) is 84.0 Å². The number of hydrogen-bond acceptors (Lipinski definition) is 9. The van der Waals surface area contributed by atoms with Crippen LogP contribution in [0, 0.1) is 13.8 Å². The molecular weight excluding hydrogens is 562 g/mol. The Morgan fingerprint density at radius 2 is 1.71 bits per heavy atom. The van der Waals surface area contributed by atoms with Crippen molar-refractivity contribution in [1.82, 2.24) is 34.4 Å². The van der Waals surface area contributed by atoms with Gasteiger partial charge in [0, 0.05) is 86.6 Å². The van der Waals surface area contributed by atoms with E-state index in [1.54, 1.807) is 6.26 Å². The van der Waals surface area contributed by atoms with E-state index in [1.807, 2.05) is 57.0 Å². The van der Waals surface area contributed by atoms with E-state index < -0.39 is 0 Å². The molecule has 1 fully saturated rings. The van der Waals surface area contributed by atoms with E-state index in [1.165, 1.54) is 0 Å². The van der Waals surface area contributed by atoms with Gasteiger partial charge in [-0.05, 0) is 61.7 Å². The van der Waals surface area contributed by atoms with Gasteiger partial charge in [0.2, 0.25) is 5.95 Å². The Bertz CT molecular complexity index is 1940. The van der Waals surface area contributed by atoms with Crippen LogP contribution in [0.2, 0.25) is 0 Å². The van der Waals surface area contributed by atoms with Gasteiger partial charge in [-0.15, -0.1) is 0 Å². The molecule has 10 heteroatoms. The summed E-state index contributed by atoms with van der Waals surface area (Å²) < 4.78 is 7.71. The molecule has 0 radical (unpaired) electrons. The Labute approximate surface area is 262 Å². The summed E-state index contributed by atoms with van der Waals surface area (Å²) in [5.41, 5.74) is 7.12. The van der Waals surface area contributed by atoms with Gasteiger partial charge in [0.05, 0.1) is 18.5 Å². The minimum Gasteiger partial charge on any atom is -0.464 e. The number of fused-ring (bicyclic) bond motifs is 1. The smallest absolute Gasteiger partial charge is 0.225 e. The molecule has 1 N–H and O–H groups in total. The SMILES string of the molecule is Cc1nc(N[C@@H](C)c2cccc(-c3cnc(N4CCN(Cc5nccn5C)CC4)nc3)c2)cc(-c2ccc3occ(C)c3c2)n1. The number of hydrogen-bond donors (Lipinski definition) is 1. The van der Waals surface area contributed by atoms with Gasteiger partial charge in [-0.25, -0.2) is 24.9 Å². The van der Waals surface area contributed by atoms with Gasteiger partial charge in [0.15, 0.2) is 0 Å². The maximum atomic E-state index is 5.63. The number of furan rings is 1. The fraction of sp³-hybridized carbons (Fsp3) is 0.286. The third-order valence-electron chi connectivity index (χ3n) is 8.56. The van der Waals surface area contributed by atoms with Crippen LogP contribution in [-0.2, 0) is 13.6 Å². The van der Waals surface area contributed by atoms with Crippen molar-refractivity contribution in [3.05, 3.63) is 102 Å². The maximum Gasteiger partial charge on any atom is 0.225 e. The second-order valence-corrected chi connectivity index (χ2v) is 11.8. The average molecular weight is 600 g/mol. The molecule has 7 rings (SSSR count). The van der Waals surface area contributed by atoms with E-state index >= 15 is 0 Å². The summed E-state index contributed by atoms with van der Waals surface area (Å²) in [5, 5.41) is 4.68. The highest BCUT2D eigenvalue weighted by atomic mass is 16.3. The van der Waals surface area contributed by atoms with E-state index in [9.17, 15) is 0 Å². The summed E-state index contributed by atoms with van der Waals surface area (Å²) in [6.07, 6.45) is 9.50. The van der Waals surface area contributed by atoms with Gasteiger partial charge in [0.25, 0.3) is 0 Å². The van der Waals surface area contributed by atoms with Crippen LogP contribution < -0.4 is 10.2 Å². The van der Waals surface area contributed by atoms with Crippen molar-refractivity contribution < 1.29 is 4.42 Å². The van der Waals surface area contributed by atoms with Gasteiger partial charge in [-0.1, -0.05) is 18.2 Å². The maximum absolute atomic E-state index is 5.63. The molecule has 4 aromatic heterocycles. The molecule has 10 nitrogen and oxygen atoms in total. The Morgan fingerprint density at radius 3 is 2.49 bits per heavy atom. The topological polar surface area (TPSA) is 101 Å². The Hall–Kier alpha value is -5.09. The highest BCUT2D eigenvalue weighted by Crippen LogP contribution is 2.29. The van der Waals surface area contributed by atoms with Crippen LogP contribution in [0.4, 0.5) is 11.8 Å². The van der Waals surface area contributed by atoms with Crippen LogP contribution in [0.3, 0.4) is 0 Å². The largest absolute Gasteiger partial charge is 0.464 e. The number of aryl methyl sites for hydroxylation is 3. The molecule has 0 spiro atoms. The molecule has 45 heavy (non-hydrogen) atoms. The second kappa shape index (κ2) is 12.1. The van der Waals surface area contributed by atoms with E-state index in [0.29, 0.717) is 5.82 Å². The fourth-order valence-corrected chi connectivity index (χ4v) is 5.89. The summed E-state index contributed by atoms with van der Waals surface area (Å²) in [5.74, 6) is 3.36. The molecule has 1 atom stereocenters. The highest BCUT2D eigenvalue weighted by Gasteiger charge is 2.20. The van der Waals surface area contributed by atoms with E-state index in [2.05, 4.69) is 73.8 Å². The quantitative estimate of drug-likeness (QED) is 0.219. The minimum atomic E-state index is 0.0213. The van der Waals surface area contributed by atoms with Crippen molar-refractivity contribution in [2.24, 2.45) is 7.05 Å². The van der Waals surface area contributed by atoms with E-state index in [-0.39, 0.29) is 6.04 Å². The minimum absolute atomic E-state index is 0.0213.